The van der Waals surface area contributed by atoms with E-state index >= 15 is 0 Å². The Hall–Kier alpha value is -1.45. The number of rotatable bonds is 5. The van der Waals surface area contributed by atoms with Crippen LogP contribution in [-0.4, -0.2) is 15.3 Å². The smallest absolute Gasteiger partial charge is 0.300 e. The highest BCUT2D eigenvalue weighted by atomic mass is 16.1. The molecule has 0 aliphatic rings. The van der Waals surface area contributed by atoms with Gasteiger partial charge in [-0.15, -0.1) is 0 Å². The Kier molecular flexibility index (Phi) is 4.04. The molecule has 4 heteroatoms. The number of Topliss-reactive ketones (excluding diaryl/α,β-unsaturated/α-hetero) is 1. The lowest BCUT2D eigenvalue weighted by Gasteiger charge is -2.02. The molecule has 76 valence electrons. The summed E-state index contributed by atoms with van der Waals surface area (Å²) < 4.78 is 1.52. The zero-order valence-electron chi connectivity index (χ0n) is 8.27. The molecular formula is C10H14N2O2. The molecule has 0 bridgehead atoms. The fourth-order valence-corrected chi connectivity index (χ4v) is 1.18. The van der Waals surface area contributed by atoms with Crippen LogP contribution in [0, 0.1) is 0 Å². The lowest BCUT2D eigenvalue weighted by atomic mass is 10.2. The maximum atomic E-state index is 11.1. The Morgan fingerprint density at radius 3 is 3.00 bits per heavy atom. The van der Waals surface area contributed by atoms with Crippen LogP contribution in [0.4, 0.5) is 0 Å². The topological polar surface area (TPSA) is 52.0 Å². The SMILES string of the molecule is CCC(=O)CCCn1cccnc1=O. The van der Waals surface area contributed by atoms with Crippen LogP contribution in [0.3, 0.4) is 0 Å². The zero-order valence-corrected chi connectivity index (χ0v) is 8.27. The minimum Gasteiger partial charge on any atom is -0.300 e. The molecule has 0 N–H and O–H groups in total. The van der Waals surface area contributed by atoms with Crippen LogP contribution in [0.15, 0.2) is 23.3 Å². The Morgan fingerprint density at radius 1 is 1.57 bits per heavy atom. The number of aromatic nitrogens is 2. The molecule has 14 heavy (non-hydrogen) atoms. The van der Waals surface area contributed by atoms with Gasteiger partial charge in [0.05, 0.1) is 0 Å². The molecule has 0 aromatic carbocycles. The summed E-state index contributed by atoms with van der Waals surface area (Å²) in [5, 5.41) is 0. The van der Waals surface area contributed by atoms with E-state index < -0.39 is 0 Å². The van der Waals surface area contributed by atoms with Gasteiger partial charge in [-0.2, -0.15) is 0 Å². The average molecular weight is 194 g/mol. The molecule has 4 nitrogen and oxygen atoms in total. The predicted molar refractivity (Wildman–Crippen MR) is 53.0 cm³/mol. The maximum Gasteiger partial charge on any atom is 0.347 e. The molecule has 1 heterocycles. The number of nitrogens with zero attached hydrogens (tertiary/aromatic N) is 2. The molecule has 0 atom stereocenters. The Balaban J connectivity index is 2.43. The number of carbonyl (C=O) groups is 1. The summed E-state index contributed by atoms with van der Waals surface area (Å²) >= 11 is 0. The van der Waals surface area contributed by atoms with Gasteiger partial charge >= 0.3 is 5.69 Å². The van der Waals surface area contributed by atoms with Crippen LogP contribution < -0.4 is 5.69 Å². The minimum absolute atomic E-state index is 0.238. The number of ketones is 1. The van der Waals surface area contributed by atoms with E-state index in [4.69, 9.17) is 0 Å². The first kappa shape index (κ1) is 10.6. The molecule has 0 radical (unpaired) electrons. The second-order valence-corrected chi connectivity index (χ2v) is 3.09. The molecular weight excluding hydrogens is 180 g/mol. The van der Waals surface area contributed by atoms with Gasteiger partial charge < -0.3 is 0 Å². The maximum absolute atomic E-state index is 11.1. The zero-order chi connectivity index (χ0) is 10.4. The second kappa shape index (κ2) is 5.32. The van der Waals surface area contributed by atoms with E-state index in [1.807, 2.05) is 6.92 Å². The van der Waals surface area contributed by atoms with Gasteiger partial charge in [0.25, 0.3) is 0 Å². The number of carbonyl (C=O) groups excluding carboxylic acids is 1. The van der Waals surface area contributed by atoms with E-state index in [0.717, 1.165) is 0 Å². The first-order valence-corrected chi connectivity index (χ1v) is 4.77. The summed E-state index contributed by atoms with van der Waals surface area (Å²) in [5.74, 6) is 0.238. The summed E-state index contributed by atoms with van der Waals surface area (Å²) in [6.07, 6.45) is 4.97. The van der Waals surface area contributed by atoms with E-state index in [1.165, 1.54) is 10.8 Å². The molecule has 0 saturated heterocycles. The first-order chi connectivity index (χ1) is 6.74. The normalized spacial score (nSPS) is 10.1. The van der Waals surface area contributed by atoms with E-state index in [9.17, 15) is 9.59 Å². The summed E-state index contributed by atoms with van der Waals surface area (Å²) in [5.41, 5.74) is -0.253. The van der Waals surface area contributed by atoms with Gasteiger partial charge in [0.2, 0.25) is 0 Å². The lowest BCUT2D eigenvalue weighted by Crippen LogP contribution is -2.21. The lowest BCUT2D eigenvalue weighted by molar-refractivity contribution is -0.118. The van der Waals surface area contributed by atoms with Crippen LogP contribution >= 0.6 is 0 Å². The quantitative estimate of drug-likeness (QED) is 0.702. The van der Waals surface area contributed by atoms with Gasteiger partial charge in [0, 0.05) is 31.8 Å². The molecule has 0 unspecified atom stereocenters. The Bertz CT molecular complexity index is 357. The van der Waals surface area contributed by atoms with Crippen molar-refractivity contribution in [3.63, 3.8) is 0 Å². The van der Waals surface area contributed by atoms with Crippen molar-refractivity contribution in [1.82, 2.24) is 9.55 Å². The Morgan fingerprint density at radius 2 is 2.36 bits per heavy atom. The van der Waals surface area contributed by atoms with Gasteiger partial charge in [-0.25, -0.2) is 9.78 Å². The van der Waals surface area contributed by atoms with Gasteiger partial charge in [-0.3, -0.25) is 9.36 Å². The van der Waals surface area contributed by atoms with Crippen molar-refractivity contribution >= 4 is 5.78 Å². The molecule has 1 rings (SSSR count). The van der Waals surface area contributed by atoms with Crippen molar-refractivity contribution in [2.45, 2.75) is 32.7 Å². The van der Waals surface area contributed by atoms with Crippen molar-refractivity contribution in [2.75, 3.05) is 0 Å². The highest BCUT2D eigenvalue weighted by molar-refractivity contribution is 5.77. The van der Waals surface area contributed by atoms with Crippen LogP contribution in [-0.2, 0) is 11.3 Å². The Labute approximate surface area is 82.6 Å². The van der Waals surface area contributed by atoms with Crippen molar-refractivity contribution in [3.05, 3.63) is 28.9 Å². The molecule has 1 aromatic rings. The van der Waals surface area contributed by atoms with Crippen LogP contribution in [0.1, 0.15) is 26.2 Å². The van der Waals surface area contributed by atoms with Crippen molar-refractivity contribution in [3.8, 4) is 0 Å². The van der Waals surface area contributed by atoms with E-state index in [2.05, 4.69) is 4.98 Å². The van der Waals surface area contributed by atoms with Gasteiger partial charge in [0.1, 0.15) is 5.78 Å². The first-order valence-electron chi connectivity index (χ1n) is 4.77. The van der Waals surface area contributed by atoms with Crippen molar-refractivity contribution < 1.29 is 4.79 Å². The third-order valence-corrected chi connectivity index (χ3v) is 2.03. The predicted octanol–water partition coefficient (Wildman–Crippen LogP) is 1.00. The van der Waals surface area contributed by atoms with E-state index in [1.54, 1.807) is 12.3 Å². The van der Waals surface area contributed by atoms with Gasteiger partial charge in [0.15, 0.2) is 0 Å². The summed E-state index contributed by atoms with van der Waals surface area (Å²) in [7, 11) is 0. The average Bonchev–Trinajstić information content (AvgIpc) is 2.20. The van der Waals surface area contributed by atoms with E-state index in [0.29, 0.717) is 25.8 Å². The summed E-state index contributed by atoms with van der Waals surface area (Å²) in [6.45, 7) is 2.41. The van der Waals surface area contributed by atoms with Crippen LogP contribution in [0.2, 0.25) is 0 Å². The van der Waals surface area contributed by atoms with Gasteiger partial charge in [-0.05, 0) is 12.5 Å². The third-order valence-electron chi connectivity index (χ3n) is 2.03. The third kappa shape index (κ3) is 3.12. The van der Waals surface area contributed by atoms with Crippen LogP contribution in [0.25, 0.3) is 0 Å². The number of aryl methyl sites for hydroxylation is 1. The summed E-state index contributed by atoms with van der Waals surface area (Å²) in [4.78, 5) is 25.7. The second-order valence-electron chi connectivity index (χ2n) is 3.09. The fourth-order valence-electron chi connectivity index (χ4n) is 1.18. The number of hydrogen-bond donors (Lipinski definition) is 0. The van der Waals surface area contributed by atoms with Crippen LogP contribution in [0.5, 0.6) is 0 Å². The molecule has 0 fully saturated rings. The standard InChI is InChI=1S/C10H14N2O2/c1-2-9(13)5-3-7-12-8-4-6-11-10(12)14/h4,6,8H,2-3,5,7H2,1H3. The van der Waals surface area contributed by atoms with Crippen molar-refractivity contribution in [1.29, 1.82) is 0 Å². The molecule has 0 aliphatic carbocycles. The monoisotopic (exact) mass is 194 g/mol. The molecule has 0 saturated carbocycles. The van der Waals surface area contributed by atoms with Gasteiger partial charge in [-0.1, -0.05) is 6.92 Å². The molecule has 0 amide bonds. The summed E-state index contributed by atoms with van der Waals surface area (Å²) in [6, 6.07) is 1.71. The van der Waals surface area contributed by atoms with Crippen molar-refractivity contribution in [2.24, 2.45) is 0 Å². The minimum atomic E-state index is -0.253. The number of hydrogen-bond acceptors (Lipinski definition) is 3. The highest BCUT2D eigenvalue weighted by Gasteiger charge is 1.99. The molecule has 0 spiro atoms. The molecule has 0 aliphatic heterocycles. The highest BCUT2D eigenvalue weighted by Crippen LogP contribution is 1.96. The molecule has 1 aromatic heterocycles. The largest absolute Gasteiger partial charge is 0.347 e. The fraction of sp³-hybridized carbons (Fsp3) is 0.500. The van der Waals surface area contributed by atoms with E-state index in [-0.39, 0.29) is 11.5 Å².